The van der Waals surface area contributed by atoms with Gasteiger partial charge in [-0.3, -0.25) is 9.48 Å². The van der Waals surface area contributed by atoms with Crippen LogP contribution in [0.15, 0.2) is 6.20 Å². The van der Waals surface area contributed by atoms with Crippen LogP contribution in [-0.2, 0) is 18.4 Å². The second-order valence-corrected chi connectivity index (χ2v) is 4.73. The number of nitrogens with one attached hydrogen (secondary N) is 2. The molecule has 2 N–H and O–H groups in total. The molecule has 1 aromatic heterocycles. The molecule has 0 aliphatic carbocycles. The minimum absolute atomic E-state index is 0.104. The van der Waals surface area contributed by atoms with Gasteiger partial charge in [-0.05, 0) is 26.8 Å². The van der Waals surface area contributed by atoms with E-state index in [4.69, 9.17) is 0 Å². The zero-order valence-corrected chi connectivity index (χ0v) is 10.7. The molecule has 2 atom stereocenters. The van der Waals surface area contributed by atoms with Crippen molar-refractivity contribution in [3.8, 4) is 0 Å². The molecule has 1 aliphatic heterocycles. The first-order valence-electron chi connectivity index (χ1n) is 6.08. The fraction of sp³-hybridized carbons (Fsp3) is 0.667. The number of nitrogens with zero attached hydrogens (tertiary/aromatic N) is 2. The summed E-state index contributed by atoms with van der Waals surface area (Å²) in [6.45, 7) is 5.58. The van der Waals surface area contributed by atoms with Crippen LogP contribution in [0.5, 0.6) is 0 Å². The Labute approximate surface area is 102 Å². The highest BCUT2D eigenvalue weighted by Gasteiger charge is 2.29. The minimum atomic E-state index is 0.104. The van der Waals surface area contributed by atoms with E-state index in [0.717, 1.165) is 24.2 Å². The molecule has 94 valence electrons. The summed E-state index contributed by atoms with van der Waals surface area (Å²) in [4.78, 5) is 12.0. The Morgan fingerprint density at radius 3 is 3.00 bits per heavy atom. The summed E-state index contributed by atoms with van der Waals surface area (Å²) in [6, 6.07) is 0.282. The van der Waals surface area contributed by atoms with Gasteiger partial charge in [-0.25, -0.2) is 0 Å². The molecule has 0 radical (unpaired) electrons. The molecule has 5 heteroatoms. The predicted molar refractivity (Wildman–Crippen MR) is 65.4 cm³/mol. The van der Waals surface area contributed by atoms with Crippen molar-refractivity contribution in [1.29, 1.82) is 0 Å². The largest absolute Gasteiger partial charge is 0.352 e. The van der Waals surface area contributed by atoms with Crippen molar-refractivity contribution in [1.82, 2.24) is 20.4 Å². The van der Waals surface area contributed by atoms with Crippen molar-refractivity contribution in [2.75, 3.05) is 6.54 Å². The van der Waals surface area contributed by atoms with Gasteiger partial charge >= 0.3 is 0 Å². The van der Waals surface area contributed by atoms with Gasteiger partial charge in [0.05, 0.1) is 12.1 Å². The van der Waals surface area contributed by atoms with E-state index in [1.807, 2.05) is 24.9 Å². The first-order valence-corrected chi connectivity index (χ1v) is 6.08. The Bertz CT molecular complexity index is 413. The van der Waals surface area contributed by atoms with Gasteiger partial charge in [-0.2, -0.15) is 5.10 Å². The van der Waals surface area contributed by atoms with Crippen molar-refractivity contribution < 1.29 is 4.79 Å². The fourth-order valence-corrected chi connectivity index (χ4v) is 2.25. The maximum atomic E-state index is 12.0. The summed E-state index contributed by atoms with van der Waals surface area (Å²) < 4.78 is 1.82. The number of amides is 1. The third kappa shape index (κ3) is 2.49. The van der Waals surface area contributed by atoms with Crippen molar-refractivity contribution in [2.24, 2.45) is 13.0 Å². The first-order chi connectivity index (χ1) is 8.09. The number of aryl methyl sites for hydroxylation is 1. The molecule has 5 nitrogen and oxygen atoms in total. The Morgan fingerprint density at radius 2 is 2.47 bits per heavy atom. The summed E-state index contributed by atoms with van der Waals surface area (Å²) in [5.74, 6) is 0.248. The van der Waals surface area contributed by atoms with Crippen LogP contribution in [0.3, 0.4) is 0 Å². The summed E-state index contributed by atoms with van der Waals surface area (Å²) in [5.41, 5.74) is 2.18. The molecular formula is C12H20N4O. The van der Waals surface area contributed by atoms with Gasteiger partial charge in [0.1, 0.15) is 0 Å². The van der Waals surface area contributed by atoms with Crippen LogP contribution in [0, 0.1) is 12.8 Å². The Balaban J connectivity index is 1.90. The Hall–Kier alpha value is -1.36. The maximum absolute atomic E-state index is 12.0. The molecule has 1 saturated heterocycles. The molecule has 0 saturated carbocycles. The number of carbonyl (C=O) groups is 1. The molecule has 17 heavy (non-hydrogen) atoms. The highest BCUT2D eigenvalue weighted by Crippen LogP contribution is 2.15. The summed E-state index contributed by atoms with van der Waals surface area (Å²) in [7, 11) is 1.91. The highest BCUT2D eigenvalue weighted by atomic mass is 16.1. The summed E-state index contributed by atoms with van der Waals surface area (Å²) in [6.07, 6.45) is 2.74. The molecule has 2 heterocycles. The van der Waals surface area contributed by atoms with Crippen molar-refractivity contribution >= 4 is 5.91 Å². The lowest BCUT2D eigenvalue weighted by Gasteiger charge is -2.14. The van der Waals surface area contributed by atoms with Crippen LogP contribution in [0.4, 0.5) is 0 Å². The van der Waals surface area contributed by atoms with E-state index >= 15 is 0 Å². The highest BCUT2D eigenvalue weighted by molar-refractivity contribution is 5.79. The van der Waals surface area contributed by atoms with E-state index in [1.165, 1.54) is 0 Å². The second-order valence-electron chi connectivity index (χ2n) is 4.73. The van der Waals surface area contributed by atoms with Crippen LogP contribution < -0.4 is 10.6 Å². The smallest absolute Gasteiger partial charge is 0.224 e. The van der Waals surface area contributed by atoms with E-state index in [0.29, 0.717) is 6.54 Å². The standard InChI is InChI=1S/C12H20N4O/c1-8-11(4-5-13-8)12(17)14-6-10-7-15-16(3)9(10)2/h7-8,11,13H,4-6H2,1-3H3,(H,14,17). The van der Waals surface area contributed by atoms with Crippen LogP contribution in [0.25, 0.3) is 0 Å². The number of hydrogen-bond acceptors (Lipinski definition) is 3. The van der Waals surface area contributed by atoms with Crippen LogP contribution in [0.1, 0.15) is 24.6 Å². The van der Waals surface area contributed by atoms with Gasteiger partial charge in [0.2, 0.25) is 5.91 Å². The molecule has 1 aliphatic rings. The van der Waals surface area contributed by atoms with Crippen molar-refractivity contribution in [2.45, 2.75) is 32.9 Å². The molecule has 1 fully saturated rings. The third-order valence-electron chi connectivity index (χ3n) is 3.65. The van der Waals surface area contributed by atoms with Crippen molar-refractivity contribution in [3.05, 3.63) is 17.5 Å². The molecule has 2 rings (SSSR count). The van der Waals surface area contributed by atoms with Gasteiger partial charge in [-0.1, -0.05) is 0 Å². The Morgan fingerprint density at radius 1 is 1.71 bits per heavy atom. The maximum Gasteiger partial charge on any atom is 0.224 e. The first kappa shape index (κ1) is 12.1. The lowest BCUT2D eigenvalue weighted by Crippen LogP contribution is -2.36. The van der Waals surface area contributed by atoms with E-state index in [2.05, 4.69) is 22.7 Å². The number of aromatic nitrogens is 2. The van der Waals surface area contributed by atoms with Gasteiger partial charge in [0, 0.05) is 30.9 Å². The molecule has 1 amide bonds. The minimum Gasteiger partial charge on any atom is -0.352 e. The molecule has 0 spiro atoms. The SMILES string of the molecule is Cc1c(CNC(=O)C2CCNC2C)cnn1C. The fourth-order valence-electron chi connectivity index (χ4n) is 2.25. The lowest BCUT2D eigenvalue weighted by atomic mass is 10.0. The second kappa shape index (κ2) is 4.87. The van der Waals surface area contributed by atoms with Gasteiger partial charge in [-0.15, -0.1) is 0 Å². The third-order valence-corrected chi connectivity index (χ3v) is 3.65. The van der Waals surface area contributed by atoms with Crippen LogP contribution in [-0.4, -0.2) is 28.3 Å². The topological polar surface area (TPSA) is 59.0 Å². The average Bonchev–Trinajstić information content (AvgIpc) is 2.85. The van der Waals surface area contributed by atoms with Crippen molar-refractivity contribution in [3.63, 3.8) is 0 Å². The lowest BCUT2D eigenvalue weighted by molar-refractivity contribution is -0.125. The summed E-state index contributed by atoms with van der Waals surface area (Å²) >= 11 is 0. The number of carbonyl (C=O) groups excluding carboxylic acids is 1. The molecule has 1 aromatic rings. The Kier molecular flexibility index (Phi) is 3.47. The molecular weight excluding hydrogens is 216 g/mol. The van der Waals surface area contributed by atoms with E-state index in [1.54, 1.807) is 0 Å². The van der Waals surface area contributed by atoms with E-state index in [-0.39, 0.29) is 17.9 Å². The molecule has 0 aromatic carbocycles. The monoisotopic (exact) mass is 236 g/mol. The summed E-state index contributed by atoms with van der Waals surface area (Å²) in [5, 5.41) is 10.4. The van der Waals surface area contributed by atoms with E-state index in [9.17, 15) is 4.79 Å². The quantitative estimate of drug-likeness (QED) is 0.796. The van der Waals surface area contributed by atoms with Crippen LogP contribution >= 0.6 is 0 Å². The van der Waals surface area contributed by atoms with Gasteiger partial charge < -0.3 is 10.6 Å². The molecule has 2 unspecified atom stereocenters. The molecule has 0 bridgehead atoms. The normalized spacial score (nSPS) is 23.9. The van der Waals surface area contributed by atoms with E-state index < -0.39 is 0 Å². The average molecular weight is 236 g/mol. The predicted octanol–water partition coefficient (Wildman–Crippen LogP) is 0.343. The number of hydrogen-bond donors (Lipinski definition) is 2. The van der Waals surface area contributed by atoms with Crippen LogP contribution in [0.2, 0.25) is 0 Å². The zero-order valence-electron chi connectivity index (χ0n) is 10.7. The van der Waals surface area contributed by atoms with Gasteiger partial charge in [0.25, 0.3) is 0 Å². The number of rotatable bonds is 3. The zero-order chi connectivity index (χ0) is 12.4. The van der Waals surface area contributed by atoms with Gasteiger partial charge in [0.15, 0.2) is 0 Å².